The Kier molecular flexibility index (Phi) is 7.99. The summed E-state index contributed by atoms with van der Waals surface area (Å²) >= 11 is 0. The fraction of sp³-hybridized carbons (Fsp3) is 0.0600. The number of benzene rings is 7. The molecule has 1 aliphatic rings. The lowest BCUT2D eigenvalue weighted by Crippen LogP contribution is -2.15. The van der Waals surface area contributed by atoms with Crippen molar-refractivity contribution >= 4 is 16.6 Å². The average Bonchev–Trinajstić information content (AvgIpc) is 3.45. The Morgan fingerprint density at radius 2 is 1.11 bits per heavy atom. The van der Waals surface area contributed by atoms with Crippen LogP contribution >= 0.6 is 0 Å². The van der Waals surface area contributed by atoms with Gasteiger partial charge in [-0.25, -0.2) is 4.99 Å². The van der Waals surface area contributed by atoms with Crippen molar-refractivity contribution in [3.63, 3.8) is 0 Å². The van der Waals surface area contributed by atoms with Crippen LogP contribution in [-0.2, 0) is 5.41 Å². The van der Waals surface area contributed by atoms with Crippen LogP contribution < -0.4 is 5.49 Å². The SMILES string of the molecule is CC1(C)c2cc(C#N)ccc2-c2ccc(-c3ccc4cc(-c5cccc(C(=N)/N=c6\[nH]cc(-c7ccccc7)cc6-c6ccccc6)c5)ccc4c3)cc21. The quantitative estimate of drug-likeness (QED) is 0.137. The largest absolute Gasteiger partial charge is 0.345 e. The molecule has 1 heterocycles. The molecule has 256 valence electrons. The smallest absolute Gasteiger partial charge is 0.154 e. The molecule has 0 atom stereocenters. The normalized spacial score (nSPS) is 12.9. The molecule has 8 aromatic rings. The number of nitriles is 1. The molecule has 0 unspecified atom stereocenters. The van der Waals surface area contributed by atoms with E-state index in [9.17, 15) is 5.26 Å². The van der Waals surface area contributed by atoms with E-state index < -0.39 is 0 Å². The van der Waals surface area contributed by atoms with E-state index in [1.807, 2.05) is 72.9 Å². The minimum atomic E-state index is -0.188. The standard InChI is InChI=1S/C50H36N4/c1-50(2)46-24-32(30-51)16-22-43(46)44-23-21-40(29-47(44)50)39-20-19-37-25-36(17-18-38(37)26-39)35-14-9-15-41(27-35)48(52)54-49-45(34-12-7-4-8-13-34)28-42(31-53-49)33-10-5-3-6-11-33/h3-29,31H,1-2H3,(H2,52,53,54). The van der Waals surface area contributed by atoms with Crippen molar-refractivity contribution in [1.29, 1.82) is 10.7 Å². The molecule has 0 saturated carbocycles. The van der Waals surface area contributed by atoms with E-state index in [4.69, 9.17) is 10.4 Å². The number of H-pyrrole nitrogens is 1. The highest BCUT2D eigenvalue weighted by Crippen LogP contribution is 2.50. The number of amidine groups is 1. The number of hydrogen-bond acceptors (Lipinski definition) is 2. The van der Waals surface area contributed by atoms with E-state index in [0.717, 1.165) is 44.3 Å². The van der Waals surface area contributed by atoms with Crippen molar-refractivity contribution in [3.05, 3.63) is 198 Å². The van der Waals surface area contributed by atoms with Crippen LogP contribution in [0.5, 0.6) is 0 Å². The molecule has 0 saturated heterocycles. The van der Waals surface area contributed by atoms with Crippen molar-refractivity contribution < 1.29 is 0 Å². The third kappa shape index (κ3) is 5.83. The predicted molar refractivity (Wildman–Crippen MR) is 221 cm³/mol. The van der Waals surface area contributed by atoms with Crippen LogP contribution in [0.3, 0.4) is 0 Å². The summed E-state index contributed by atoms with van der Waals surface area (Å²) in [7, 11) is 0. The Balaban J connectivity index is 1.01. The van der Waals surface area contributed by atoms with Crippen LogP contribution in [0.25, 0.3) is 66.4 Å². The molecule has 4 heteroatoms. The highest BCUT2D eigenvalue weighted by atomic mass is 14.9. The molecule has 4 nitrogen and oxygen atoms in total. The summed E-state index contributed by atoms with van der Waals surface area (Å²) in [5.74, 6) is 0.189. The number of fused-ring (bicyclic) bond motifs is 4. The Labute approximate surface area is 314 Å². The molecule has 9 rings (SSSR count). The monoisotopic (exact) mass is 692 g/mol. The molecule has 0 bridgehead atoms. The van der Waals surface area contributed by atoms with Gasteiger partial charge in [0.05, 0.1) is 11.6 Å². The van der Waals surface area contributed by atoms with Gasteiger partial charge in [0.2, 0.25) is 0 Å². The summed E-state index contributed by atoms with van der Waals surface area (Å²) < 4.78 is 0. The maximum Gasteiger partial charge on any atom is 0.154 e. The topological polar surface area (TPSA) is 75.8 Å². The number of nitrogens with zero attached hydrogens (tertiary/aromatic N) is 2. The molecule has 0 spiro atoms. The highest BCUT2D eigenvalue weighted by molar-refractivity contribution is 5.99. The second-order valence-electron chi connectivity index (χ2n) is 14.5. The van der Waals surface area contributed by atoms with E-state index in [-0.39, 0.29) is 11.3 Å². The lowest BCUT2D eigenvalue weighted by Gasteiger charge is -2.22. The van der Waals surface area contributed by atoms with Crippen LogP contribution in [0.1, 0.15) is 36.1 Å². The molecule has 0 radical (unpaired) electrons. The third-order valence-electron chi connectivity index (χ3n) is 10.8. The van der Waals surface area contributed by atoms with E-state index in [0.29, 0.717) is 11.1 Å². The summed E-state index contributed by atoms with van der Waals surface area (Å²) in [6.07, 6.45) is 1.96. The molecule has 2 N–H and O–H groups in total. The minimum Gasteiger partial charge on any atom is -0.345 e. The van der Waals surface area contributed by atoms with Crippen molar-refractivity contribution in [2.45, 2.75) is 19.3 Å². The maximum atomic E-state index is 9.51. The first-order valence-electron chi connectivity index (χ1n) is 18.2. The molecule has 54 heavy (non-hydrogen) atoms. The van der Waals surface area contributed by atoms with Gasteiger partial charge in [-0.15, -0.1) is 0 Å². The van der Waals surface area contributed by atoms with Crippen LogP contribution in [0.4, 0.5) is 0 Å². The number of hydrogen-bond donors (Lipinski definition) is 2. The minimum absolute atomic E-state index is 0.188. The first-order valence-corrected chi connectivity index (χ1v) is 18.2. The zero-order valence-electron chi connectivity index (χ0n) is 30.1. The molecule has 1 aromatic heterocycles. The summed E-state index contributed by atoms with van der Waals surface area (Å²) in [6.45, 7) is 4.50. The van der Waals surface area contributed by atoms with Crippen LogP contribution in [0, 0.1) is 16.7 Å². The van der Waals surface area contributed by atoms with E-state index >= 15 is 0 Å². The van der Waals surface area contributed by atoms with Crippen LogP contribution in [0.15, 0.2) is 175 Å². The molecular weight excluding hydrogens is 657 g/mol. The molecule has 1 aliphatic carbocycles. The lowest BCUT2D eigenvalue weighted by molar-refractivity contribution is 0.660. The summed E-state index contributed by atoms with van der Waals surface area (Å²) in [5.41, 5.74) is 15.5. The number of aromatic nitrogens is 1. The van der Waals surface area contributed by atoms with Gasteiger partial charge in [0.1, 0.15) is 5.49 Å². The fourth-order valence-corrected chi connectivity index (χ4v) is 7.83. The van der Waals surface area contributed by atoms with E-state index in [1.165, 1.54) is 38.8 Å². The summed E-state index contributed by atoms with van der Waals surface area (Å²) in [4.78, 5) is 8.22. The first kappa shape index (κ1) is 32.8. The van der Waals surface area contributed by atoms with Gasteiger partial charge >= 0.3 is 0 Å². The van der Waals surface area contributed by atoms with Gasteiger partial charge in [-0.2, -0.15) is 5.26 Å². The molecular formula is C50H36N4. The molecule has 0 aliphatic heterocycles. The fourth-order valence-electron chi connectivity index (χ4n) is 7.83. The van der Waals surface area contributed by atoms with Crippen molar-refractivity contribution in [2.75, 3.05) is 0 Å². The number of pyridine rings is 1. The first-order chi connectivity index (χ1) is 26.4. The second kappa shape index (κ2) is 13.2. The Morgan fingerprint density at radius 1 is 0.537 bits per heavy atom. The lowest BCUT2D eigenvalue weighted by atomic mass is 9.81. The van der Waals surface area contributed by atoms with Gasteiger partial charge in [-0.05, 0) is 114 Å². The van der Waals surface area contributed by atoms with Gasteiger partial charge in [0, 0.05) is 22.7 Å². The van der Waals surface area contributed by atoms with Crippen molar-refractivity contribution in [1.82, 2.24) is 4.98 Å². The zero-order chi connectivity index (χ0) is 36.8. The van der Waals surface area contributed by atoms with E-state index in [2.05, 4.69) is 122 Å². The van der Waals surface area contributed by atoms with Crippen LogP contribution in [0.2, 0.25) is 0 Å². The zero-order valence-corrected chi connectivity index (χ0v) is 30.1. The van der Waals surface area contributed by atoms with Gasteiger partial charge < -0.3 is 4.98 Å². The Bertz CT molecular complexity index is 2870. The summed E-state index contributed by atoms with van der Waals surface area (Å²) in [5, 5.41) is 20.9. The summed E-state index contributed by atoms with van der Waals surface area (Å²) in [6, 6.07) is 59.0. The van der Waals surface area contributed by atoms with E-state index in [1.54, 1.807) is 0 Å². The van der Waals surface area contributed by atoms with Gasteiger partial charge in [-0.3, -0.25) is 5.41 Å². The number of rotatable bonds is 5. The van der Waals surface area contributed by atoms with Gasteiger partial charge in [-0.1, -0.05) is 135 Å². The number of aromatic amines is 1. The maximum absolute atomic E-state index is 9.51. The van der Waals surface area contributed by atoms with Gasteiger partial charge in [0.25, 0.3) is 0 Å². The molecule has 7 aromatic carbocycles. The predicted octanol–water partition coefficient (Wildman–Crippen LogP) is 11.9. The van der Waals surface area contributed by atoms with Crippen molar-refractivity contribution in [2.24, 2.45) is 4.99 Å². The van der Waals surface area contributed by atoms with Crippen LogP contribution in [-0.4, -0.2) is 10.8 Å². The highest BCUT2D eigenvalue weighted by Gasteiger charge is 2.35. The Hall–Kier alpha value is -7.09. The molecule has 0 fully saturated rings. The van der Waals surface area contributed by atoms with Gasteiger partial charge in [0.15, 0.2) is 5.84 Å². The Morgan fingerprint density at radius 3 is 1.80 bits per heavy atom. The second-order valence-corrected chi connectivity index (χ2v) is 14.5. The average molecular weight is 693 g/mol. The number of nitrogens with one attached hydrogen (secondary N) is 2. The molecule has 0 amide bonds. The van der Waals surface area contributed by atoms with Crippen molar-refractivity contribution in [3.8, 4) is 61.7 Å². The third-order valence-corrected chi connectivity index (χ3v) is 10.8.